The number of sulfonamides is 1. The highest BCUT2D eigenvalue weighted by Crippen LogP contribution is 2.26. The zero-order valence-corrected chi connectivity index (χ0v) is 13.5. The van der Waals surface area contributed by atoms with Gasteiger partial charge in [0.05, 0.1) is 5.75 Å². The first-order chi connectivity index (χ1) is 9.90. The molecule has 1 fully saturated rings. The number of nitrogen functional groups attached to an aromatic ring is 1. The molecule has 1 heterocycles. The smallest absolute Gasteiger partial charge is 0.217 e. The van der Waals surface area contributed by atoms with Crippen LogP contribution in [0.1, 0.15) is 33.1 Å². The topological polar surface area (TPSA) is 72.6 Å². The van der Waals surface area contributed by atoms with Crippen molar-refractivity contribution in [2.75, 3.05) is 18.1 Å². The van der Waals surface area contributed by atoms with Gasteiger partial charge in [-0.2, -0.15) is 4.31 Å². The first-order valence-corrected chi connectivity index (χ1v) is 9.00. The van der Waals surface area contributed by atoms with Crippen LogP contribution in [0.5, 0.6) is 5.75 Å². The number of piperidine rings is 1. The number of ether oxygens (including phenoxy) is 1. The monoisotopic (exact) mass is 312 g/mol. The van der Waals surface area contributed by atoms with E-state index in [0.717, 1.165) is 19.3 Å². The van der Waals surface area contributed by atoms with Crippen molar-refractivity contribution in [2.24, 2.45) is 0 Å². The minimum absolute atomic E-state index is 0.00601. The molecule has 0 bridgehead atoms. The fourth-order valence-corrected chi connectivity index (χ4v) is 4.69. The summed E-state index contributed by atoms with van der Waals surface area (Å²) < 4.78 is 32.1. The average Bonchev–Trinajstić information content (AvgIpc) is 2.40. The van der Waals surface area contributed by atoms with Gasteiger partial charge in [-0.3, -0.25) is 0 Å². The van der Waals surface area contributed by atoms with E-state index >= 15 is 0 Å². The summed E-state index contributed by atoms with van der Waals surface area (Å²) in [6, 6.07) is 7.12. The number of benzene rings is 1. The summed E-state index contributed by atoms with van der Waals surface area (Å²) in [6.45, 7) is 4.12. The van der Waals surface area contributed by atoms with Crippen LogP contribution in [-0.4, -0.2) is 37.2 Å². The molecule has 1 aromatic carbocycles. The van der Waals surface area contributed by atoms with Crippen LogP contribution in [0.15, 0.2) is 24.3 Å². The molecule has 1 aromatic rings. The molecular formula is C15H24N2O3S. The predicted octanol–water partition coefficient (Wildman–Crippen LogP) is 2.24. The van der Waals surface area contributed by atoms with Crippen LogP contribution in [0.2, 0.25) is 0 Å². The highest BCUT2D eigenvalue weighted by molar-refractivity contribution is 7.89. The molecule has 0 aromatic heterocycles. The summed E-state index contributed by atoms with van der Waals surface area (Å²) in [5.74, 6) is 0.644. The second-order valence-corrected chi connectivity index (χ2v) is 7.69. The predicted molar refractivity (Wildman–Crippen MR) is 84.8 cm³/mol. The van der Waals surface area contributed by atoms with Crippen LogP contribution in [0, 0.1) is 0 Å². The molecule has 2 atom stereocenters. The van der Waals surface area contributed by atoms with Crippen LogP contribution < -0.4 is 10.5 Å². The van der Waals surface area contributed by atoms with E-state index in [2.05, 4.69) is 0 Å². The molecule has 0 radical (unpaired) electrons. The van der Waals surface area contributed by atoms with Crippen molar-refractivity contribution in [1.82, 2.24) is 4.31 Å². The Hall–Kier alpha value is -1.27. The Balaban J connectivity index is 1.93. The maximum atomic E-state index is 12.5. The van der Waals surface area contributed by atoms with Gasteiger partial charge >= 0.3 is 0 Å². The molecule has 2 N–H and O–H groups in total. The Morgan fingerprint density at radius 2 is 1.76 bits per heavy atom. The van der Waals surface area contributed by atoms with Gasteiger partial charge in [-0.05, 0) is 51.0 Å². The van der Waals surface area contributed by atoms with Crippen molar-refractivity contribution >= 4 is 15.7 Å². The van der Waals surface area contributed by atoms with Gasteiger partial charge in [0, 0.05) is 17.8 Å². The number of anilines is 1. The third-order valence-corrected chi connectivity index (χ3v) is 5.97. The number of hydrogen-bond acceptors (Lipinski definition) is 4. The fraction of sp³-hybridized carbons (Fsp3) is 0.600. The van der Waals surface area contributed by atoms with Crippen molar-refractivity contribution in [3.63, 3.8) is 0 Å². The van der Waals surface area contributed by atoms with Crippen LogP contribution in [0.3, 0.4) is 0 Å². The van der Waals surface area contributed by atoms with E-state index in [9.17, 15) is 8.42 Å². The van der Waals surface area contributed by atoms with Crippen molar-refractivity contribution in [1.29, 1.82) is 0 Å². The molecule has 6 heteroatoms. The van der Waals surface area contributed by atoms with E-state index in [0.29, 0.717) is 11.4 Å². The minimum atomic E-state index is -3.28. The maximum absolute atomic E-state index is 12.5. The maximum Gasteiger partial charge on any atom is 0.217 e. The Labute approximate surface area is 127 Å². The van der Waals surface area contributed by atoms with Gasteiger partial charge in [-0.15, -0.1) is 0 Å². The molecule has 0 spiro atoms. The summed E-state index contributed by atoms with van der Waals surface area (Å²) in [5, 5.41) is 0. The van der Waals surface area contributed by atoms with Gasteiger partial charge < -0.3 is 10.5 Å². The highest BCUT2D eigenvalue weighted by atomic mass is 32.2. The Morgan fingerprint density at radius 1 is 1.19 bits per heavy atom. The summed E-state index contributed by atoms with van der Waals surface area (Å²) in [5.41, 5.74) is 6.25. The summed E-state index contributed by atoms with van der Waals surface area (Å²) in [4.78, 5) is 0. The van der Waals surface area contributed by atoms with Crippen molar-refractivity contribution in [3.05, 3.63) is 24.3 Å². The molecule has 1 saturated heterocycles. The largest absolute Gasteiger partial charge is 0.492 e. The average molecular weight is 312 g/mol. The van der Waals surface area contributed by atoms with E-state index in [-0.39, 0.29) is 24.4 Å². The van der Waals surface area contributed by atoms with E-state index in [4.69, 9.17) is 10.5 Å². The number of nitrogens with two attached hydrogens (primary N) is 1. The molecule has 2 unspecified atom stereocenters. The van der Waals surface area contributed by atoms with Gasteiger partial charge in [0.2, 0.25) is 10.0 Å². The third-order valence-electron chi connectivity index (χ3n) is 3.92. The lowest BCUT2D eigenvalue weighted by atomic mass is 10.0. The van der Waals surface area contributed by atoms with Crippen molar-refractivity contribution < 1.29 is 13.2 Å². The van der Waals surface area contributed by atoms with Gasteiger partial charge in [-0.1, -0.05) is 6.42 Å². The lowest BCUT2D eigenvalue weighted by molar-refractivity contribution is 0.202. The molecule has 118 valence electrons. The molecule has 0 saturated carbocycles. The first-order valence-electron chi connectivity index (χ1n) is 7.40. The van der Waals surface area contributed by atoms with E-state index in [1.165, 1.54) is 0 Å². The lowest BCUT2D eigenvalue weighted by Crippen LogP contribution is -2.48. The molecular weight excluding hydrogens is 288 g/mol. The molecule has 1 aliphatic rings. The van der Waals surface area contributed by atoms with Crippen LogP contribution in [0.25, 0.3) is 0 Å². The molecule has 21 heavy (non-hydrogen) atoms. The van der Waals surface area contributed by atoms with E-state index in [1.807, 2.05) is 13.8 Å². The van der Waals surface area contributed by atoms with Gasteiger partial charge in [0.25, 0.3) is 0 Å². The second kappa shape index (κ2) is 6.66. The Bertz CT molecular complexity index is 547. The summed E-state index contributed by atoms with van der Waals surface area (Å²) in [6.07, 6.45) is 2.96. The molecule has 0 aliphatic carbocycles. The normalized spacial score (nSPS) is 23.9. The molecule has 1 aliphatic heterocycles. The number of nitrogens with zero attached hydrogens (tertiary/aromatic N) is 1. The van der Waals surface area contributed by atoms with Gasteiger partial charge in [0.1, 0.15) is 12.4 Å². The first kappa shape index (κ1) is 16.1. The quantitative estimate of drug-likeness (QED) is 0.846. The standard InChI is InChI=1S/C15H24N2O3S/c1-12-4-3-5-13(2)17(12)21(18,19)11-10-20-15-8-6-14(16)7-9-15/h6-9,12-13H,3-5,10-11,16H2,1-2H3. The van der Waals surface area contributed by atoms with Crippen LogP contribution in [-0.2, 0) is 10.0 Å². The molecule has 5 nitrogen and oxygen atoms in total. The van der Waals surface area contributed by atoms with E-state index < -0.39 is 10.0 Å². The lowest BCUT2D eigenvalue weighted by Gasteiger charge is -2.37. The van der Waals surface area contributed by atoms with E-state index in [1.54, 1.807) is 28.6 Å². The summed E-state index contributed by atoms with van der Waals surface area (Å²) in [7, 11) is -3.28. The Kier molecular flexibility index (Phi) is 5.11. The Morgan fingerprint density at radius 3 is 2.33 bits per heavy atom. The zero-order valence-electron chi connectivity index (χ0n) is 12.7. The number of rotatable bonds is 5. The zero-order chi connectivity index (χ0) is 15.5. The second-order valence-electron chi connectivity index (χ2n) is 5.69. The van der Waals surface area contributed by atoms with Crippen LogP contribution in [0.4, 0.5) is 5.69 Å². The van der Waals surface area contributed by atoms with Crippen LogP contribution >= 0.6 is 0 Å². The SMILES string of the molecule is CC1CCCC(C)N1S(=O)(=O)CCOc1ccc(N)cc1. The fourth-order valence-electron chi connectivity index (χ4n) is 2.88. The van der Waals surface area contributed by atoms with Gasteiger partial charge in [0.15, 0.2) is 0 Å². The van der Waals surface area contributed by atoms with Crippen molar-refractivity contribution in [3.8, 4) is 5.75 Å². The van der Waals surface area contributed by atoms with Gasteiger partial charge in [-0.25, -0.2) is 8.42 Å². The van der Waals surface area contributed by atoms with Crippen molar-refractivity contribution in [2.45, 2.75) is 45.2 Å². The third kappa shape index (κ3) is 4.11. The minimum Gasteiger partial charge on any atom is -0.492 e. The number of hydrogen-bond donors (Lipinski definition) is 1. The highest BCUT2D eigenvalue weighted by Gasteiger charge is 2.34. The molecule has 2 rings (SSSR count). The molecule has 0 amide bonds. The summed E-state index contributed by atoms with van der Waals surface area (Å²) >= 11 is 0.